The predicted molar refractivity (Wildman–Crippen MR) is 324 cm³/mol. The molecular weight excluding hydrogens is 945 g/mol. The number of allylic oxidation sites excluding steroid dienone is 3. The van der Waals surface area contributed by atoms with Gasteiger partial charge in [-0.3, -0.25) is 0 Å². The van der Waals surface area contributed by atoms with Gasteiger partial charge in [-0.2, -0.15) is 0 Å². The number of aromatic nitrogens is 3. The molecule has 18 rings (SSSR count). The molecule has 5 aliphatic rings. The second-order valence-electron chi connectivity index (χ2n) is 22.4. The average Bonchev–Trinajstić information content (AvgIpc) is 3.75. The van der Waals surface area contributed by atoms with Gasteiger partial charge >= 0.3 is 0 Å². The SMILES string of the molecule is CC1C=Cc2c(n(-c3ccc4c(c3)C3(c5cc(N6c7ccccc7C7C=CC=CC76)ccc5-c5ccc(-n6c7ccccc7c7ccccc76)cc53)c3cc(-n5c6ccccc6c6ccccc65)ccc3-4)c3ccccc23)C1. The molecule has 4 unspecified atom stereocenters. The fraction of sp³-hybridized carbons (Fsp3) is 0.0811. The number of benzene rings is 10. The zero-order valence-electron chi connectivity index (χ0n) is 43.0. The molecule has 0 saturated carbocycles. The van der Waals surface area contributed by atoms with Crippen LogP contribution in [-0.4, -0.2) is 19.7 Å². The Bertz CT molecular complexity index is 4660. The first-order valence-corrected chi connectivity index (χ1v) is 27.7. The fourth-order valence-corrected chi connectivity index (χ4v) is 15.4. The van der Waals surface area contributed by atoms with E-state index in [1.54, 1.807) is 0 Å². The van der Waals surface area contributed by atoms with Gasteiger partial charge in [-0.25, -0.2) is 0 Å². The summed E-state index contributed by atoms with van der Waals surface area (Å²) >= 11 is 0. The van der Waals surface area contributed by atoms with Crippen molar-refractivity contribution in [2.45, 2.75) is 30.7 Å². The van der Waals surface area contributed by atoms with E-state index >= 15 is 0 Å². The van der Waals surface area contributed by atoms with Gasteiger partial charge in [0.15, 0.2) is 0 Å². The first-order chi connectivity index (χ1) is 38.6. The third-order valence-corrected chi connectivity index (χ3v) is 18.5. The summed E-state index contributed by atoms with van der Waals surface area (Å²) in [6, 6.07) is 83.7. The summed E-state index contributed by atoms with van der Waals surface area (Å²) in [5.41, 5.74) is 25.8. The van der Waals surface area contributed by atoms with Crippen LogP contribution in [0.2, 0.25) is 0 Å². The molecule has 3 aromatic heterocycles. The molecule has 0 radical (unpaired) electrons. The molecule has 0 saturated heterocycles. The highest BCUT2D eigenvalue weighted by Gasteiger charge is 2.53. The maximum atomic E-state index is 2.62. The van der Waals surface area contributed by atoms with Gasteiger partial charge < -0.3 is 18.6 Å². The lowest BCUT2D eigenvalue weighted by Gasteiger charge is -2.33. The van der Waals surface area contributed by atoms with E-state index in [9.17, 15) is 0 Å². The van der Waals surface area contributed by atoms with E-state index in [2.05, 4.69) is 280 Å². The monoisotopic (exact) mass is 994 g/mol. The molecule has 0 bridgehead atoms. The Labute approximate surface area is 452 Å². The number of para-hydroxylation sites is 6. The van der Waals surface area contributed by atoms with Crippen molar-refractivity contribution in [1.29, 1.82) is 0 Å². The molecule has 0 amide bonds. The Morgan fingerprint density at radius 1 is 0.385 bits per heavy atom. The molecule has 4 atom stereocenters. The van der Waals surface area contributed by atoms with Crippen molar-refractivity contribution in [3.63, 3.8) is 0 Å². The normalized spacial score (nSPS) is 19.0. The van der Waals surface area contributed by atoms with Gasteiger partial charge in [0.05, 0.1) is 39.0 Å². The van der Waals surface area contributed by atoms with E-state index < -0.39 is 5.41 Å². The number of fused-ring (bicyclic) bond motifs is 22. The molecule has 4 heteroatoms. The number of hydrogen-bond donors (Lipinski definition) is 0. The molecule has 366 valence electrons. The van der Waals surface area contributed by atoms with Crippen molar-refractivity contribution >= 4 is 72.0 Å². The Hall–Kier alpha value is -9.64. The van der Waals surface area contributed by atoms with Crippen LogP contribution in [0.25, 0.3) is 99.9 Å². The first-order valence-electron chi connectivity index (χ1n) is 27.7. The van der Waals surface area contributed by atoms with Crippen LogP contribution in [0.4, 0.5) is 11.4 Å². The lowest BCUT2D eigenvalue weighted by atomic mass is 9.70. The van der Waals surface area contributed by atoms with Gasteiger partial charge in [-0.15, -0.1) is 0 Å². The molecule has 0 fully saturated rings. The summed E-state index contributed by atoms with van der Waals surface area (Å²) < 4.78 is 7.61. The highest BCUT2D eigenvalue weighted by atomic mass is 15.2. The highest BCUT2D eigenvalue weighted by Crippen LogP contribution is 2.65. The summed E-state index contributed by atoms with van der Waals surface area (Å²) in [4.78, 5) is 2.62. The summed E-state index contributed by atoms with van der Waals surface area (Å²) in [6.45, 7) is 2.35. The molecular formula is C74H50N4. The Morgan fingerprint density at radius 2 is 0.795 bits per heavy atom. The number of rotatable bonds is 4. The Morgan fingerprint density at radius 3 is 1.32 bits per heavy atom. The maximum Gasteiger partial charge on any atom is 0.0728 e. The quantitative estimate of drug-likeness (QED) is 0.172. The van der Waals surface area contributed by atoms with E-state index in [0.717, 1.165) is 17.8 Å². The summed E-state index contributed by atoms with van der Waals surface area (Å²) in [7, 11) is 0. The van der Waals surface area contributed by atoms with Crippen LogP contribution in [0, 0.1) is 5.92 Å². The number of anilines is 2. The van der Waals surface area contributed by atoms with Crippen molar-refractivity contribution in [1.82, 2.24) is 13.7 Å². The van der Waals surface area contributed by atoms with Crippen LogP contribution in [0.5, 0.6) is 0 Å². The van der Waals surface area contributed by atoms with E-state index in [4.69, 9.17) is 0 Å². The highest BCUT2D eigenvalue weighted by molar-refractivity contribution is 6.11. The zero-order chi connectivity index (χ0) is 51.0. The lowest BCUT2D eigenvalue weighted by molar-refractivity contribution is 0.690. The first kappa shape index (κ1) is 42.6. The molecule has 0 N–H and O–H groups in total. The fourth-order valence-electron chi connectivity index (χ4n) is 15.4. The number of nitrogens with zero attached hydrogens (tertiary/aromatic N) is 4. The summed E-state index contributed by atoms with van der Waals surface area (Å²) in [5.74, 6) is 0.699. The standard InChI is InChI=1S/C74H50N4/c1-45-30-35-61-60-22-8-15-29-72(60)78(73(61)40-45)49-34-39-53-52-38-33-48(77-70-27-13-6-20-58(70)59-21-7-14-28-71(59)77)43-64(52)74(65(53)44-49)62-41-46(75-66-23-9-2-16-54(66)55-17-3-10-24-67(55)75)31-36-50(62)51-37-32-47(42-63(51)74)76-68-25-11-4-18-56(68)57-19-5-12-26-69(57)76/h2-39,41-45,54,66H,40H2,1H3. The van der Waals surface area contributed by atoms with Crippen LogP contribution in [0.15, 0.2) is 249 Å². The van der Waals surface area contributed by atoms with Crippen LogP contribution in [0.3, 0.4) is 0 Å². The molecule has 13 aromatic rings. The molecule has 4 aliphatic carbocycles. The average molecular weight is 995 g/mol. The molecule has 10 aromatic carbocycles. The second-order valence-corrected chi connectivity index (χ2v) is 22.4. The second kappa shape index (κ2) is 15.5. The maximum absolute atomic E-state index is 2.62. The third kappa shape index (κ3) is 5.44. The van der Waals surface area contributed by atoms with Gasteiger partial charge in [0.2, 0.25) is 0 Å². The molecule has 4 heterocycles. The van der Waals surface area contributed by atoms with Crippen molar-refractivity contribution < 1.29 is 0 Å². The van der Waals surface area contributed by atoms with Gasteiger partial charge in [0, 0.05) is 72.5 Å². The van der Waals surface area contributed by atoms with Gasteiger partial charge in [0.1, 0.15) is 0 Å². The minimum atomic E-state index is -0.734. The van der Waals surface area contributed by atoms with Gasteiger partial charge in [0.25, 0.3) is 0 Å². The Balaban J connectivity index is 0.974. The largest absolute Gasteiger partial charge is 0.333 e. The Kier molecular flexibility index (Phi) is 8.46. The molecule has 1 aliphatic heterocycles. The van der Waals surface area contributed by atoms with E-state index in [-0.39, 0.29) is 12.0 Å². The van der Waals surface area contributed by atoms with Crippen molar-refractivity contribution in [3.8, 4) is 39.3 Å². The van der Waals surface area contributed by atoms with Crippen molar-refractivity contribution in [2.75, 3.05) is 4.90 Å². The van der Waals surface area contributed by atoms with Gasteiger partial charge in [-0.1, -0.05) is 177 Å². The van der Waals surface area contributed by atoms with E-state index in [0.29, 0.717) is 5.92 Å². The predicted octanol–water partition coefficient (Wildman–Crippen LogP) is 18.1. The molecule has 1 spiro atoms. The van der Waals surface area contributed by atoms with Crippen LogP contribution in [0.1, 0.15) is 51.9 Å². The lowest BCUT2D eigenvalue weighted by Crippen LogP contribution is -2.30. The molecule has 4 nitrogen and oxygen atoms in total. The van der Waals surface area contributed by atoms with Crippen LogP contribution >= 0.6 is 0 Å². The summed E-state index contributed by atoms with van der Waals surface area (Å²) in [5, 5.41) is 6.34. The van der Waals surface area contributed by atoms with Crippen molar-refractivity contribution in [3.05, 3.63) is 288 Å². The number of hydrogen-bond acceptors (Lipinski definition) is 1. The van der Waals surface area contributed by atoms with E-state index in [1.807, 2.05) is 0 Å². The summed E-state index contributed by atoms with van der Waals surface area (Å²) in [6.07, 6.45) is 15.0. The third-order valence-electron chi connectivity index (χ3n) is 18.5. The van der Waals surface area contributed by atoms with Crippen LogP contribution in [-0.2, 0) is 11.8 Å². The molecule has 78 heavy (non-hydrogen) atoms. The van der Waals surface area contributed by atoms with Crippen LogP contribution < -0.4 is 4.90 Å². The van der Waals surface area contributed by atoms with E-state index in [1.165, 1.54) is 133 Å². The smallest absolute Gasteiger partial charge is 0.0728 e. The topological polar surface area (TPSA) is 18.0 Å². The van der Waals surface area contributed by atoms with Gasteiger partial charge in [-0.05, 0) is 147 Å². The minimum absolute atomic E-state index is 0.161. The zero-order valence-corrected chi connectivity index (χ0v) is 43.0. The minimum Gasteiger partial charge on any atom is -0.333 e. The van der Waals surface area contributed by atoms with Crippen molar-refractivity contribution in [2.24, 2.45) is 5.92 Å².